The lowest BCUT2D eigenvalue weighted by atomic mass is 10.1. The SMILES string of the molecule is C[C@@H](NCc1ncc[nH]1)c1ccccc1Br. The highest BCUT2D eigenvalue weighted by Gasteiger charge is 2.08. The predicted molar refractivity (Wildman–Crippen MR) is 68.0 cm³/mol. The molecule has 16 heavy (non-hydrogen) atoms. The molecule has 1 heterocycles. The molecule has 0 bridgehead atoms. The highest BCUT2D eigenvalue weighted by atomic mass is 79.9. The van der Waals surface area contributed by atoms with E-state index in [4.69, 9.17) is 0 Å². The molecule has 0 aliphatic heterocycles. The zero-order valence-electron chi connectivity index (χ0n) is 9.07. The fraction of sp³-hybridized carbons (Fsp3) is 0.250. The lowest BCUT2D eigenvalue weighted by Crippen LogP contribution is -2.19. The molecule has 4 heteroatoms. The molecule has 0 unspecified atom stereocenters. The Morgan fingerprint density at radius 1 is 1.44 bits per heavy atom. The Kier molecular flexibility index (Phi) is 3.74. The zero-order valence-corrected chi connectivity index (χ0v) is 10.7. The maximum atomic E-state index is 4.17. The van der Waals surface area contributed by atoms with Gasteiger partial charge in [0, 0.05) is 22.9 Å². The van der Waals surface area contributed by atoms with Gasteiger partial charge in [-0.25, -0.2) is 4.98 Å². The topological polar surface area (TPSA) is 40.7 Å². The first-order chi connectivity index (χ1) is 7.77. The molecule has 1 aromatic heterocycles. The molecule has 0 aliphatic carbocycles. The molecule has 0 radical (unpaired) electrons. The molecule has 0 saturated carbocycles. The molecule has 2 rings (SSSR count). The standard InChI is InChI=1S/C12H14BrN3/c1-9(10-4-2-3-5-11(10)13)16-8-12-14-6-7-15-12/h2-7,9,16H,8H2,1H3,(H,14,15)/t9-/m1/s1. The monoisotopic (exact) mass is 279 g/mol. The fourth-order valence-corrected chi connectivity index (χ4v) is 2.21. The Morgan fingerprint density at radius 3 is 2.94 bits per heavy atom. The summed E-state index contributed by atoms with van der Waals surface area (Å²) in [5.41, 5.74) is 1.26. The number of aromatic amines is 1. The second-order valence-electron chi connectivity index (χ2n) is 3.66. The number of halogens is 1. The first-order valence-electron chi connectivity index (χ1n) is 5.23. The van der Waals surface area contributed by atoms with Gasteiger partial charge in [-0.3, -0.25) is 0 Å². The second kappa shape index (κ2) is 5.27. The number of hydrogen-bond acceptors (Lipinski definition) is 2. The Bertz CT molecular complexity index is 439. The second-order valence-corrected chi connectivity index (χ2v) is 4.51. The summed E-state index contributed by atoms with van der Waals surface area (Å²) in [6, 6.07) is 8.53. The van der Waals surface area contributed by atoms with E-state index < -0.39 is 0 Å². The van der Waals surface area contributed by atoms with E-state index in [-0.39, 0.29) is 0 Å². The van der Waals surface area contributed by atoms with Crippen molar-refractivity contribution in [2.24, 2.45) is 0 Å². The zero-order chi connectivity index (χ0) is 11.4. The van der Waals surface area contributed by atoms with E-state index in [1.54, 1.807) is 6.20 Å². The van der Waals surface area contributed by atoms with Gasteiger partial charge in [0.15, 0.2) is 0 Å². The van der Waals surface area contributed by atoms with E-state index in [0.29, 0.717) is 6.04 Å². The Morgan fingerprint density at radius 2 is 2.25 bits per heavy atom. The van der Waals surface area contributed by atoms with Gasteiger partial charge in [-0.1, -0.05) is 34.1 Å². The number of imidazole rings is 1. The molecule has 0 fully saturated rings. The van der Waals surface area contributed by atoms with Crippen LogP contribution in [0.25, 0.3) is 0 Å². The minimum Gasteiger partial charge on any atom is -0.348 e. The van der Waals surface area contributed by atoms with Crippen molar-refractivity contribution in [3.63, 3.8) is 0 Å². The van der Waals surface area contributed by atoms with E-state index >= 15 is 0 Å². The van der Waals surface area contributed by atoms with Gasteiger partial charge in [0.1, 0.15) is 5.82 Å². The van der Waals surface area contributed by atoms with Crippen LogP contribution in [0.1, 0.15) is 24.4 Å². The normalized spacial score (nSPS) is 12.6. The van der Waals surface area contributed by atoms with Crippen LogP contribution in [0.4, 0.5) is 0 Å². The molecule has 2 aromatic rings. The maximum Gasteiger partial charge on any atom is 0.120 e. The number of benzene rings is 1. The summed E-state index contributed by atoms with van der Waals surface area (Å²) in [6.07, 6.45) is 3.60. The van der Waals surface area contributed by atoms with Gasteiger partial charge in [0.2, 0.25) is 0 Å². The first-order valence-corrected chi connectivity index (χ1v) is 6.02. The predicted octanol–water partition coefficient (Wildman–Crippen LogP) is 3.02. The van der Waals surface area contributed by atoms with Crippen LogP contribution in [0.2, 0.25) is 0 Å². The number of hydrogen-bond donors (Lipinski definition) is 2. The third-order valence-electron chi connectivity index (χ3n) is 2.50. The van der Waals surface area contributed by atoms with E-state index in [0.717, 1.165) is 16.8 Å². The molecule has 1 atom stereocenters. The number of nitrogens with zero attached hydrogens (tertiary/aromatic N) is 1. The lowest BCUT2D eigenvalue weighted by Gasteiger charge is -2.14. The molecule has 84 valence electrons. The van der Waals surface area contributed by atoms with Gasteiger partial charge in [0.05, 0.1) is 6.54 Å². The largest absolute Gasteiger partial charge is 0.348 e. The summed E-state index contributed by atoms with van der Waals surface area (Å²) in [5.74, 6) is 0.957. The number of H-pyrrole nitrogens is 1. The molecular weight excluding hydrogens is 266 g/mol. The van der Waals surface area contributed by atoms with E-state index in [1.165, 1.54) is 5.56 Å². The van der Waals surface area contributed by atoms with Gasteiger partial charge in [-0.15, -0.1) is 0 Å². The van der Waals surface area contributed by atoms with E-state index in [2.05, 4.69) is 50.3 Å². The number of rotatable bonds is 4. The van der Waals surface area contributed by atoms with Crippen LogP contribution in [0, 0.1) is 0 Å². The summed E-state index contributed by atoms with van der Waals surface area (Å²) in [6.45, 7) is 2.89. The molecule has 3 nitrogen and oxygen atoms in total. The Balaban J connectivity index is 1.98. The summed E-state index contributed by atoms with van der Waals surface area (Å²) in [4.78, 5) is 7.25. The molecule has 0 saturated heterocycles. The molecule has 2 N–H and O–H groups in total. The van der Waals surface area contributed by atoms with E-state index in [9.17, 15) is 0 Å². The number of aromatic nitrogens is 2. The van der Waals surface area contributed by atoms with Crippen molar-refractivity contribution in [1.29, 1.82) is 0 Å². The van der Waals surface area contributed by atoms with Crippen molar-refractivity contribution < 1.29 is 0 Å². The van der Waals surface area contributed by atoms with Gasteiger partial charge >= 0.3 is 0 Å². The fourth-order valence-electron chi connectivity index (χ4n) is 1.58. The summed E-state index contributed by atoms with van der Waals surface area (Å²) in [5, 5.41) is 3.42. The van der Waals surface area contributed by atoms with Gasteiger partial charge in [0.25, 0.3) is 0 Å². The Labute approximate surface area is 103 Å². The van der Waals surface area contributed by atoms with Crippen LogP contribution in [-0.4, -0.2) is 9.97 Å². The van der Waals surface area contributed by atoms with Gasteiger partial charge in [-0.05, 0) is 18.6 Å². The van der Waals surface area contributed by atoms with Crippen LogP contribution in [-0.2, 0) is 6.54 Å². The third kappa shape index (κ3) is 2.71. The van der Waals surface area contributed by atoms with Crippen LogP contribution >= 0.6 is 15.9 Å². The smallest absolute Gasteiger partial charge is 0.120 e. The van der Waals surface area contributed by atoms with Crippen molar-refractivity contribution >= 4 is 15.9 Å². The Hall–Kier alpha value is -1.13. The third-order valence-corrected chi connectivity index (χ3v) is 3.22. The summed E-state index contributed by atoms with van der Waals surface area (Å²) < 4.78 is 1.13. The van der Waals surface area contributed by atoms with Crippen molar-refractivity contribution in [3.05, 3.63) is 52.5 Å². The van der Waals surface area contributed by atoms with Crippen LogP contribution < -0.4 is 5.32 Å². The average Bonchev–Trinajstić information content (AvgIpc) is 2.79. The van der Waals surface area contributed by atoms with Crippen molar-refractivity contribution in [2.75, 3.05) is 0 Å². The van der Waals surface area contributed by atoms with Crippen LogP contribution in [0.3, 0.4) is 0 Å². The molecule has 1 aromatic carbocycles. The van der Waals surface area contributed by atoms with Gasteiger partial charge < -0.3 is 10.3 Å². The van der Waals surface area contributed by atoms with Crippen molar-refractivity contribution in [1.82, 2.24) is 15.3 Å². The lowest BCUT2D eigenvalue weighted by molar-refractivity contribution is 0.560. The highest BCUT2D eigenvalue weighted by Crippen LogP contribution is 2.22. The molecule has 0 aliphatic rings. The summed E-state index contributed by atoms with van der Waals surface area (Å²) in [7, 11) is 0. The minimum absolute atomic E-state index is 0.292. The van der Waals surface area contributed by atoms with Crippen LogP contribution in [0.5, 0.6) is 0 Å². The first kappa shape index (κ1) is 11.4. The maximum absolute atomic E-state index is 4.17. The molecule has 0 spiro atoms. The molecule has 0 amide bonds. The minimum atomic E-state index is 0.292. The average molecular weight is 280 g/mol. The summed E-state index contributed by atoms with van der Waals surface area (Å²) >= 11 is 3.55. The van der Waals surface area contributed by atoms with Gasteiger partial charge in [-0.2, -0.15) is 0 Å². The number of nitrogens with one attached hydrogen (secondary N) is 2. The quantitative estimate of drug-likeness (QED) is 0.903. The molecular formula is C12H14BrN3. The van der Waals surface area contributed by atoms with Crippen molar-refractivity contribution in [3.8, 4) is 0 Å². The van der Waals surface area contributed by atoms with Crippen molar-refractivity contribution in [2.45, 2.75) is 19.5 Å². The van der Waals surface area contributed by atoms with Crippen LogP contribution in [0.15, 0.2) is 41.1 Å². The highest BCUT2D eigenvalue weighted by molar-refractivity contribution is 9.10. The van der Waals surface area contributed by atoms with E-state index in [1.807, 2.05) is 18.3 Å².